The Morgan fingerprint density at radius 3 is 2.74 bits per heavy atom. The number of aliphatic hydroxyl groups is 1. The van der Waals surface area contributed by atoms with Crippen molar-refractivity contribution in [2.24, 2.45) is 5.41 Å². The van der Waals surface area contributed by atoms with Crippen LogP contribution in [-0.4, -0.2) is 36.1 Å². The van der Waals surface area contributed by atoms with E-state index in [1.807, 2.05) is 18.5 Å². The second-order valence-corrected chi connectivity index (χ2v) is 6.61. The summed E-state index contributed by atoms with van der Waals surface area (Å²) >= 11 is 1.46. The van der Waals surface area contributed by atoms with Crippen molar-refractivity contribution in [2.75, 3.05) is 20.2 Å². The van der Waals surface area contributed by atoms with Gasteiger partial charge in [-0.2, -0.15) is 0 Å². The first-order chi connectivity index (χ1) is 8.83. The van der Waals surface area contributed by atoms with Crippen LogP contribution in [-0.2, 0) is 0 Å². The standard InChI is InChI=1S/C15H21NO2S/c1-15(2,3)11-16(4)14(18)12-9-13(19-10-12)7-5-6-8-17/h9-10,17H,6,8,11H2,1-4H3. The molecule has 0 aliphatic carbocycles. The van der Waals surface area contributed by atoms with E-state index in [0.717, 1.165) is 4.88 Å². The number of hydrogen-bond donors (Lipinski definition) is 1. The molecule has 0 bridgehead atoms. The van der Waals surface area contributed by atoms with E-state index >= 15 is 0 Å². The van der Waals surface area contributed by atoms with Gasteiger partial charge in [0.05, 0.1) is 17.0 Å². The third-order valence-electron chi connectivity index (χ3n) is 2.35. The normalized spacial score (nSPS) is 10.8. The van der Waals surface area contributed by atoms with Gasteiger partial charge in [-0.15, -0.1) is 11.3 Å². The number of hydrogen-bond acceptors (Lipinski definition) is 3. The quantitative estimate of drug-likeness (QED) is 0.864. The molecule has 1 amide bonds. The summed E-state index contributed by atoms with van der Waals surface area (Å²) in [6, 6.07) is 1.82. The van der Waals surface area contributed by atoms with Crippen LogP contribution in [0.5, 0.6) is 0 Å². The third kappa shape index (κ3) is 5.46. The molecule has 0 radical (unpaired) electrons. The fourth-order valence-corrected chi connectivity index (χ4v) is 2.47. The molecule has 4 heteroatoms. The topological polar surface area (TPSA) is 40.5 Å². The van der Waals surface area contributed by atoms with Crippen LogP contribution < -0.4 is 0 Å². The Kier molecular flexibility index (Phi) is 5.59. The maximum atomic E-state index is 12.2. The molecule has 104 valence electrons. The van der Waals surface area contributed by atoms with Crippen molar-refractivity contribution in [3.05, 3.63) is 21.9 Å². The molecule has 0 fully saturated rings. The maximum absolute atomic E-state index is 12.2. The molecule has 0 saturated carbocycles. The molecular weight excluding hydrogens is 258 g/mol. The summed E-state index contributed by atoms with van der Waals surface area (Å²) in [6.07, 6.45) is 0.463. The van der Waals surface area contributed by atoms with Gasteiger partial charge in [0.2, 0.25) is 0 Å². The van der Waals surface area contributed by atoms with Crippen LogP contribution in [0.3, 0.4) is 0 Å². The maximum Gasteiger partial charge on any atom is 0.254 e. The van der Waals surface area contributed by atoms with Gasteiger partial charge in [-0.05, 0) is 11.5 Å². The zero-order valence-electron chi connectivity index (χ0n) is 12.0. The zero-order chi connectivity index (χ0) is 14.5. The number of carbonyl (C=O) groups excluding carboxylic acids is 1. The SMILES string of the molecule is CN(CC(C)(C)C)C(=O)c1csc(C#CCCO)c1. The minimum Gasteiger partial charge on any atom is -0.395 e. The molecular formula is C15H21NO2S. The van der Waals surface area contributed by atoms with Crippen LogP contribution in [0.15, 0.2) is 11.4 Å². The van der Waals surface area contributed by atoms with Crippen molar-refractivity contribution in [3.8, 4) is 11.8 Å². The van der Waals surface area contributed by atoms with Crippen LogP contribution in [0.1, 0.15) is 42.4 Å². The second kappa shape index (κ2) is 6.74. The molecule has 0 unspecified atom stereocenters. The average molecular weight is 279 g/mol. The van der Waals surface area contributed by atoms with Crippen LogP contribution in [0.2, 0.25) is 0 Å². The second-order valence-electron chi connectivity index (χ2n) is 5.70. The highest BCUT2D eigenvalue weighted by atomic mass is 32.1. The summed E-state index contributed by atoms with van der Waals surface area (Å²) in [6.45, 7) is 7.11. The highest BCUT2D eigenvalue weighted by Crippen LogP contribution is 2.19. The third-order valence-corrected chi connectivity index (χ3v) is 3.20. The minimum absolute atomic E-state index is 0.0291. The monoisotopic (exact) mass is 279 g/mol. The van der Waals surface area contributed by atoms with Gasteiger partial charge in [0.15, 0.2) is 0 Å². The number of carbonyl (C=O) groups is 1. The fourth-order valence-electron chi connectivity index (χ4n) is 1.72. The van der Waals surface area contributed by atoms with Gasteiger partial charge in [0.1, 0.15) is 0 Å². The number of rotatable bonds is 3. The molecule has 1 rings (SSSR count). The molecule has 0 aromatic carbocycles. The van der Waals surface area contributed by atoms with E-state index in [0.29, 0.717) is 18.5 Å². The van der Waals surface area contributed by atoms with Crippen molar-refractivity contribution < 1.29 is 9.90 Å². The van der Waals surface area contributed by atoms with Gasteiger partial charge in [-0.25, -0.2) is 0 Å². The molecule has 0 aliphatic heterocycles. The number of amides is 1. The lowest BCUT2D eigenvalue weighted by molar-refractivity contribution is 0.0746. The zero-order valence-corrected chi connectivity index (χ0v) is 12.8. The van der Waals surface area contributed by atoms with Crippen molar-refractivity contribution in [1.82, 2.24) is 4.90 Å². The first-order valence-corrected chi connectivity index (χ1v) is 7.15. The van der Waals surface area contributed by atoms with Gasteiger partial charge in [-0.1, -0.05) is 32.6 Å². The van der Waals surface area contributed by atoms with Crippen LogP contribution in [0.25, 0.3) is 0 Å². The van der Waals surface area contributed by atoms with Crippen molar-refractivity contribution in [3.63, 3.8) is 0 Å². The van der Waals surface area contributed by atoms with Crippen LogP contribution >= 0.6 is 11.3 Å². The first kappa shape index (κ1) is 15.7. The summed E-state index contributed by atoms with van der Waals surface area (Å²) in [5, 5.41) is 10.5. The van der Waals surface area contributed by atoms with E-state index < -0.39 is 0 Å². The van der Waals surface area contributed by atoms with Gasteiger partial charge < -0.3 is 10.0 Å². The molecule has 0 atom stereocenters. The Bertz CT molecular complexity index is 488. The Labute approximate surface area is 119 Å². The molecule has 1 aromatic heterocycles. The minimum atomic E-state index is 0.0291. The molecule has 0 saturated heterocycles. The van der Waals surface area contributed by atoms with E-state index in [1.54, 1.807) is 4.90 Å². The van der Waals surface area contributed by atoms with E-state index in [-0.39, 0.29) is 17.9 Å². The van der Waals surface area contributed by atoms with Gasteiger partial charge >= 0.3 is 0 Å². The number of nitrogens with zero attached hydrogens (tertiary/aromatic N) is 1. The van der Waals surface area contributed by atoms with E-state index in [2.05, 4.69) is 32.6 Å². The van der Waals surface area contributed by atoms with Gasteiger partial charge in [0.25, 0.3) is 5.91 Å². The summed E-state index contributed by atoms with van der Waals surface area (Å²) in [7, 11) is 1.82. The molecule has 0 aliphatic rings. The predicted molar refractivity (Wildman–Crippen MR) is 79.3 cm³/mol. The Morgan fingerprint density at radius 1 is 1.47 bits per heavy atom. The number of thiophene rings is 1. The van der Waals surface area contributed by atoms with Crippen LogP contribution in [0.4, 0.5) is 0 Å². The fraction of sp³-hybridized carbons (Fsp3) is 0.533. The van der Waals surface area contributed by atoms with Crippen molar-refractivity contribution >= 4 is 17.2 Å². The van der Waals surface area contributed by atoms with Crippen molar-refractivity contribution in [1.29, 1.82) is 0 Å². The predicted octanol–water partition coefficient (Wildman–Crippen LogP) is 2.60. The summed E-state index contributed by atoms with van der Waals surface area (Å²) in [5.41, 5.74) is 0.773. The first-order valence-electron chi connectivity index (χ1n) is 6.27. The molecule has 0 spiro atoms. The van der Waals surface area contributed by atoms with Gasteiger partial charge in [0, 0.05) is 25.4 Å². The van der Waals surface area contributed by atoms with Crippen molar-refractivity contribution in [2.45, 2.75) is 27.2 Å². The lowest BCUT2D eigenvalue weighted by atomic mass is 9.96. The summed E-state index contributed by atoms with van der Waals surface area (Å²) in [4.78, 5) is 14.8. The lowest BCUT2D eigenvalue weighted by Gasteiger charge is -2.26. The molecule has 19 heavy (non-hydrogen) atoms. The number of aliphatic hydroxyl groups excluding tert-OH is 1. The van der Waals surface area contributed by atoms with Gasteiger partial charge in [-0.3, -0.25) is 4.79 Å². The highest BCUT2D eigenvalue weighted by Gasteiger charge is 2.19. The summed E-state index contributed by atoms with van der Waals surface area (Å²) in [5.74, 6) is 5.83. The molecule has 1 heterocycles. The molecule has 3 nitrogen and oxygen atoms in total. The molecule has 1 N–H and O–H groups in total. The average Bonchev–Trinajstić information content (AvgIpc) is 2.75. The van der Waals surface area contributed by atoms with E-state index in [9.17, 15) is 4.79 Å². The summed E-state index contributed by atoms with van der Waals surface area (Å²) < 4.78 is 0. The van der Waals surface area contributed by atoms with E-state index in [4.69, 9.17) is 5.11 Å². The Balaban J connectivity index is 2.71. The Morgan fingerprint density at radius 2 is 2.16 bits per heavy atom. The highest BCUT2D eigenvalue weighted by molar-refractivity contribution is 7.10. The van der Waals surface area contributed by atoms with E-state index in [1.165, 1.54) is 11.3 Å². The molecule has 1 aromatic rings. The van der Waals surface area contributed by atoms with Crippen LogP contribution in [0, 0.1) is 17.3 Å². The Hall–Kier alpha value is -1.31. The largest absolute Gasteiger partial charge is 0.395 e. The lowest BCUT2D eigenvalue weighted by Crippen LogP contribution is -2.34. The smallest absolute Gasteiger partial charge is 0.254 e.